The van der Waals surface area contributed by atoms with E-state index in [1.165, 1.54) is 4.90 Å². The average molecular weight is 474 g/mol. The van der Waals surface area contributed by atoms with E-state index in [0.717, 1.165) is 17.5 Å². The molecule has 4 rings (SSSR count). The minimum atomic E-state index is -0.971. The van der Waals surface area contributed by atoms with Crippen molar-refractivity contribution in [2.75, 3.05) is 11.4 Å². The minimum absolute atomic E-state index is 0.0795. The van der Waals surface area contributed by atoms with Crippen molar-refractivity contribution in [3.8, 4) is 0 Å². The first-order valence-corrected chi connectivity index (χ1v) is 11.8. The van der Waals surface area contributed by atoms with E-state index in [-0.39, 0.29) is 18.4 Å². The average Bonchev–Trinajstić information content (AvgIpc) is 3.44. The number of aryl methyl sites for hydroxylation is 2. The Kier molecular flexibility index (Phi) is 7.29. The molecule has 182 valence electrons. The fourth-order valence-electron chi connectivity index (χ4n) is 3.94. The highest BCUT2D eigenvalue weighted by Crippen LogP contribution is 2.30. The smallest absolute Gasteiger partial charge is 0.251 e. The highest BCUT2D eigenvalue weighted by atomic mass is 16.3. The number of rotatable bonds is 9. The molecular formula is C27H31N5O3. The maximum absolute atomic E-state index is 13.9. The Morgan fingerprint density at radius 2 is 1.77 bits per heavy atom. The number of benzene rings is 2. The summed E-state index contributed by atoms with van der Waals surface area (Å²) in [5.41, 5.74) is 3.10. The van der Waals surface area contributed by atoms with Gasteiger partial charge < -0.3 is 9.73 Å². The first-order valence-electron chi connectivity index (χ1n) is 11.8. The molecule has 4 aromatic rings. The number of fused-ring (bicyclic) bond motifs is 1. The predicted molar refractivity (Wildman–Crippen MR) is 135 cm³/mol. The lowest BCUT2D eigenvalue weighted by molar-refractivity contribution is -0.127. The fourth-order valence-corrected chi connectivity index (χ4v) is 3.94. The van der Waals surface area contributed by atoms with E-state index in [1.54, 1.807) is 16.8 Å². The van der Waals surface area contributed by atoms with E-state index in [4.69, 9.17) is 4.42 Å². The molecule has 2 heterocycles. The highest BCUT2D eigenvalue weighted by molar-refractivity contribution is 6.01. The number of hydrogen-bond donors (Lipinski definition) is 1. The first kappa shape index (κ1) is 24.2. The fraction of sp³-hybridized carbons (Fsp3) is 0.333. The minimum Gasteiger partial charge on any atom is -0.464 e. The van der Waals surface area contributed by atoms with Crippen molar-refractivity contribution < 1.29 is 14.0 Å². The molecule has 0 aliphatic heterocycles. The topological polar surface area (TPSA) is 93.3 Å². The predicted octanol–water partition coefficient (Wildman–Crippen LogP) is 4.58. The van der Waals surface area contributed by atoms with Gasteiger partial charge in [0, 0.05) is 12.2 Å². The number of anilines is 1. The van der Waals surface area contributed by atoms with Crippen molar-refractivity contribution in [3.05, 3.63) is 77.7 Å². The van der Waals surface area contributed by atoms with Crippen LogP contribution in [-0.2, 0) is 16.1 Å². The summed E-state index contributed by atoms with van der Waals surface area (Å²) in [4.78, 5) is 28.9. The van der Waals surface area contributed by atoms with Crippen LogP contribution in [0, 0.1) is 19.8 Å². The molecule has 0 spiro atoms. The van der Waals surface area contributed by atoms with Crippen LogP contribution in [-0.4, -0.2) is 33.4 Å². The molecule has 0 fully saturated rings. The molecule has 2 aromatic heterocycles. The number of para-hydroxylation sites is 1. The van der Waals surface area contributed by atoms with E-state index < -0.39 is 6.04 Å². The number of furan rings is 1. The number of carbonyl (C=O) groups excluding carboxylic acids is 2. The molecule has 35 heavy (non-hydrogen) atoms. The largest absolute Gasteiger partial charge is 0.464 e. The summed E-state index contributed by atoms with van der Waals surface area (Å²) < 4.78 is 7.44. The van der Waals surface area contributed by atoms with Gasteiger partial charge in [-0.15, -0.1) is 5.10 Å². The SMILES string of the molecule is Cc1ccc(N(C(=O)Cn2nnc3ccccc32)[C@H](C(=O)NCCC(C)C)c2ccc(C)o2)cc1. The number of nitrogens with zero attached hydrogens (tertiary/aromatic N) is 4. The molecule has 2 amide bonds. The normalized spacial score (nSPS) is 12.1. The molecule has 1 atom stereocenters. The molecule has 0 saturated heterocycles. The second kappa shape index (κ2) is 10.5. The third kappa shape index (κ3) is 5.59. The quantitative estimate of drug-likeness (QED) is 0.384. The molecule has 0 saturated carbocycles. The van der Waals surface area contributed by atoms with Crippen LogP contribution in [0.15, 0.2) is 65.1 Å². The van der Waals surface area contributed by atoms with Crippen LogP contribution < -0.4 is 10.2 Å². The van der Waals surface area contributed by atoms with Gasteiger partial charge in [0.2, 0.25) is 5.91 Å². The van der Waals surface area contributed by atoms with Crippen LogP contribution in [0.2, 0.25) is 0 Å². The molecule has 8 nitrogen and oxygen atoms in total. The van der Waals surface area contributed by atoms with Crippen LogP contribution in [0.5, 0.6) is 0 Å². The monoisotopic (exact) mass is 473 g/mol. The number of nitrogens with one attached hydrogen (secondary N) is 1. The summed E-state index contributed by atoms with van der Waals surface area (Å²) in [6, 6.07) is 17.6. The second-order valence-electron chi connectivity index (χ2n) is 9.16. The molecule has 0 unspecified atom stereocenters. The van der Waals surface area contributed by atoms with Crippen molar-refractivity contribution in [2.45, 2.75) is 46.7 Å². The third-order valence-electron chi connectivity index (χ3n) is 5.84. The van der Waals surface area contributed by atoms with Crippen molar-refractivity contribution in [2.24, 2.45) is 5.92 Å². The molecule has 2 aromatic carbocycles. The zero-order valence-electron chi connectivity index (χ0n) is 20.6. The van der Waals surface area contributed by atoms with Gasteiger partial charge in [0.05, 0.1) is 5.52 Å². The molecule has 0 radical (unpaired) electrons. The summed E-state index contributed by atoms with van der Waals surface area (Å²) in [6.07, 6.45) is 0.832. The van der Waals surface area contributed by atoms with E-state index in [2.05, 4.69) is 29.5 Å². The van der Waals surface area contributed by atoms with Crippen molar-refractivity contribution in [1.29, 1.82) is 0 Å². The number of amides is 2. The second-order valence-corrected chi connectivity index (χ2v) is 9.16. The Bertz CT molecular complexity index is 1310. The zero-order valence-corrected chi connectivity index (χ0v) is 20.6. The molecule has 0 aliphatic carbocycles. The van der Waals surface area contributed by atoms with Gasteiger partial charge in [0.25, 0.3) is 5.91 Å². The standard InChI is InChI=1S/C27H31N5O3/c1-18(2)15-16-28-27(34)26(24-14-11-20(4)35-24)32(21-12-9-19(3)10-13-21)25(33)17-31-23-8-6-5-7-22(23)29-30-31/h5-14,18,26H,15-17H2,1-4H3,(H,28,34)/t26-/m0/s1. The summed E-state index contributed by atoms with van der Waals surface area (Å²) in [5.74, 6) is 0.912. The van der Waals surface area contributed by atoms with Crippen molar-refractivity contribution in [1.82, 2.24) is 20.3 Å². The van der Waals surface area contributed by atoms with Gasteiger partial charge in [-0.05, 0) is 62.6 Å². The van der Waals surface area contributed by atoms with E-state index >= 15 is 0 Å². The van der Waals surface area contributed by atoms with Crippen molar-refractivity contribution >= 4 is 28.5 Å². The first-order chi connectivity index (χ1) is 16.8. The van der Waals surface area contributed by atoms with E-state index in [1.807, 2.05) is 62.4 Å². The number of aromatic nitrogens is 3. The van der Waals surface area contributed by atoms with Crippen LogP contribution >= 0.6 is 0 Å². The highest BCUT2D eigenvalue weighted by Gasteiger charge is 2.35. The van der Waals surface area contributed by atoms with Crippen LogP contribution in [0.25, 0.3) is 11.0 Å². The summed E-state index contributed by atoms with van der Waals surface area (Å²) in [6.45, 7) is 8.43. The van der Waals surface area contributed by atoms with Gasteiger partial charge in [0.1, 0.15) is 23.6 Å². The summed E-state index contributed by atoms with van der Waals surface area (Å²) >= 11 is 0. The van der Waals surface area contributed by atoms with Gasteiger partial charge in [-0.25, -0.2) is 4.68 Å². The number of hydrogen-bond acceptors (Lipinski definition) is 5. The lowest BCUT2D eigenvalue weighted by Crippen LogP contribution is -2.45. The summed E-state index contributed by atoms with van der Waals surface area (Å²) in [7, 11) is 0. The molecule has 1 N–H and O–H groups in total. The van der Waals surface area contributed by atoms with Gasteiger partial charge in [-0.2, -0.15) is 0 Å². The van der Waals surface area contributed by atoms with Crippen LogP contribution in [0.1, 0.15) is 43.4 Å². The van der Waals surface area contributed by atoms with E-state index in [0.29, 0.717) is 35.2 Å². The number of carbonyl (C=O) groups is 2. The van der Waals surface area contributed by atoms with Gasteiger partial charge >= 0.3 is 0 Å². The molecular weight excluding hydrogens is 442 g/mol. The van der Waals surface area contributed by atoms with Gasteiger partial charge in [-0.1, -0.05) is 48.9 Å². The lowest BCUT2D eigenvalue weighted by atomic mass is 10.1. The van der Waals surface area contributed by atoms with Crippen LogP contribution in [0.3, 0.4) is 0 Å². The Morgan fingerprint density at radius 1 is 1.03 bits per heavy atom. The summed E-state index contributed by atoms with van der Waals surface area (Å²) in [5, 5.41) is 11.3. The maximum Gasteiger partial charge on any atom is 0.251 e. The molecule has 0 bridgehead atoms. The maximum atomic E-state index is 13.9. The van der Waals surface area contributed by atoms with Gasteiger partial charge in [0.15, 0.2) is 6.04 Å². The van der Waals surface area contributed by atoms with Crippen molar-refractivity contribution in [3.63, 3.8) is 0 Å². The molecule has 8 heteroatoms. The van der Waals surface area contributed by atoms with Crippen LogP contribution in [0.4, 0.5) is 5.69 Å². The third-order valence-corrected chi connectivity index (χ3v) is 5.84. The lowest BCUT2D eigenvalue weighted by Gasteiger charge is -2.30. The van der Waals surface area contributed by atoms with E-state index in [9.17, 15) is 9.59 Å². The van der Waals surface area contributed by atoms with Gasteiger partial charge in [-0.3, -0.25) is 14.5 Å². The Balaban J connectivity index is 1.73. The zero-order chi connectivity index (χ0) is 24.9. The Labute approximate surface area is 204 Å². The Morgan fingerprint density at radius 3 is 2.46 bits per heavy atom. The molecule has 0 aliphatic rings. The Hall–Kier alpha value is -3.94.